The summed E-state index contributed by atoms with van der Waals surface area (Å²) in [7, 11) is 2.11. The van der Waals surface area contributed by atoms with E-state index in [0.29, 0.717) is 5.41 Å². The lowest BCUT2D eigenvalue weighted by molar-refractivity contribution is 0.105. The van der Waals surface area contributed by atoms with Crippen molar-refractivity contribution in [1.29, 1.82) is 0 Å². The average Bonchev–Trinajstić information content (AvgIpc) is 2.48. The second-order valence-electron chi connectivity index (χ2n) is 6.25. The van der Waals surface area contributed by atoms with Gasteiger partial charge in [0.2, 0.25) is 0 Å². The summed E-state index contributed by atoms with van der Waals surface area (Å²) in [4.78, 5) is 2.30. The minimum atomic E-state index is -0.0980. The lowest BCUT2D eigenvalue weighted by Crippen LogP contribution is -2.46. The summed E-state index contributed by atoms with van der Waals surface area (Å²) in [5.74, 6) is -0.0980. The fourth-order valence-corrected chi connectivity index (χ4v) is 3.30. The molecule has 0 spiro atoms. The van der Waals surface area contributed by atoms with Gasteiger partial charge in [0.05, 0.1) is 0 Å². The van der Waals surface area contributed by atoms with E-state index in [0.717, 1.165) is 25.2 Å². The molecule has 1 aliphatic rings. The Hall–Kier alpha value is -0.930. The van der Waals surface area contributed by atoms with E-state index in [2.05, 4.69) is 31.1 Å². The molecule has 3 heteroatoms. The summed E-state index contributed by atoms with van der Waals surface area (Å²) >= 11 is 0. The molecule has 2 rings (SSSR count). The third-order valence-corrected chi connectivity index (χ3v) is 4.91. The SMILES string of the molecule is CCC1(CN(C)C(C)c2ccccc2F)CCCNC1. The van der Waals surface area contributed by atoms with Crippen molar-refractivity contribution >= 4 is 0 Å². The van der Waals surface area contributed by atoms with Crippen molar-refractivity contribution in [2.45, 2.75) is 39.2 Å². The van der Waals surface area contributed by atoms with Gasteiger partial charge in [-0.25, -0.2) is 4.39 Å². The Morgan fingerprint density at radius 2 is 2.15 bits per heavy atom. The van der Waals surface area contributed by atoms with E-state index in [9.17, 15) is 4.39 Å². The first-order valence-corrected chi connectivity index (χ1v) is 7.73. The lowest BCUT2D eigenvalue weighted by atomic mass is 9.77. The molecule has 0 aromatic heterocycles. The summed E-state index contributed by atoms with van der Waals surface area (Å²) < 4.78 is 13.9. The molecule has 0 saturated carbocycles. The van der Waals surface area contributed by atoms with Crippen LogP contribution in [0.4, 0.5) is 4.39 Å². The van der Waals surface area contributed by atoms with Gasteiger partial charge in [-0.15, -0.1) is 0 Å². The molecule has 1 fully saturated rings. The molecule has 1 aromatic rings. The molecule has 1 aromatic carbocycles. The van der Waals surface area contributed by atoms with Gasteiger partial charge in [-0.05, 0) is 51.3 Å². The molecule has 2 nitrogen and oxygen atoms in total. The maximum atomic E-state index is 13.9. The summed E-state index contributed by atoms with van der Waals surface area (Å²) in [6, 6.07) is 7.23. The fourth-order valence-electron chi connectivity index (χ4n) is 3.30. The van der Waals surface area contributed by atoms with E-state index >= 15 is 0 Å². The number of halogens is 1. The standard InChI is InChI=1S/C17H27FN2/c1-4-17(10-7-11-19-12-17)13-20(3)14(2)15-8-5-6-9-16(15)18/h5-6,8-9,14,19H,4,7,10-13H2,1-3H3. The van der Waals surface area contributed by atoms with Crippen molar-refractivity contribution in [3.05, 3.63) is 35.6 Å². The highest BCUT2D eigenvalue weighted by molar-refractivity contribution is 5.20. The van der Waals surface area contributed by atoms with Crippen LogP contribution in [-0.2, 0) is 0 Å². The van der Waals surface area contributed by atoms with Crippen LogP contribution < -0.4 is 5.32 Å². The van der Waals surface area contributed by atoms with Crippen LogP contribution >= 0.6 is 0 Å². The Balaban J connectivity index is 2.07. The van der Waals surface area contributed by atoms with E-state index in [-0.39, 0.29) is 11.9 Å². The number of rotatable bonds is 5. The van der Waals surface area contributed by atoms with Gasteiger partial charge in [0.15, 0.2) is 0 Å². The van der Waals surface area contributed by atoms with Crippen molar-refractivity contribution < 1.29 is 4.39 Å². The van der Waals surface area contributed by atoms with Crippen molar-refractivity contribution in [2.75, 3.05) is 26.7 Å². The Kier molecular flexibility index (Phi) is 5.17. The van der Waals surface area contributed by atoms with Gasteiger partial charge in [0.1, 0.15) is 5.82 Å². The number of piperidine rings is 1. The highest BCUT2D eigenvalue weighted by atomic mass is 19.1. The molecule has 0 amide bonds. The van der Waals surface area contributed by atoms with Crippen molar-refractivity contribution in [1.82, 2.24) is 10.2 Å². The Morgan fingerprint density at radius 1 is 1.40 bits per heavy atom. The largest absolute Gasteiger partial charge is 0.316 e. The zero-order valence-electron chi connectivity index (χ0n) is 13.0. The highest BCUT2D eigenvalue weighted by Gasteiger charge is 2.32. The van der Waals surface area contributed by atoms with Crippen LogP contribution in [0.25, 0.3) is 0 Å². The highest BCUT2D eigenvalue weighted by Crippen LogP contribution is 2.33. The maximum Gasteiger partial charge on any atom is 0.127 e. The van der Waals surface area contributed by atoms with E-state index in [4.69, 9.17) is 0 Å². The van der Waals surface area contributed by atoms with Crippen LogP contribution in [-0.4, -0.2) is 31.6 Å². The summed E-state index contributed by atoms with van der Waals surface area (Å²) in [5, 5.41) is 3.52. The van der Waals surface area contributed by atoms with E-state index < -0.39 is 0 Å². The molecule has 2 unspecified atom stereocenters. The van der Waals surface area contributed by atoms with Crippen LogP contribution in [0.2, 0.25) is 0 Å². The number of benzene rings is 1. The lowest BCUT2D eigenvalue weighted by Gasteiger charge is -2.41. The molecule has 0 aliphatic carbocycles. The monoisotopic (exact) mass is 278 g/mol. The molecule has 0 bridgehead atoms. The molecule has 1 saturated heterocycles. The van der Waals surface area contributed by atoms with Crippen LogP contribution in [0.3, 0.4) is 0 Å². The van der Waals surface area contributed by atoms with E-state index in [1.54, 1.807) is 12.1 Å². The first-order valence-electron chi connectivity index (χ1n) is 7.73. The normalized spacial score (nSPS) is 24.9. The quantitative estimate of drug-likeness (QED) is 0.885. The van der Waals surface area contributed by atoms with Crippen molar-refractivity contribution in [2.24, 2.45) is 5.41 Å². The smallest absolute Gasteiger partial charge is 0.127 e. The van der Waals surface area contributed by atoms with Gasteiger partial charge in [0.25, 0.3) is 0 Å². The fraction of sp³-hybridized carbons (Fsp3) is 0.647. The average molecular weight is 278 g/mol. The van der Waals surface area contributed by atoms with Crippen LogP contribution in [0.15, 0.2) is 24.3 Å². The minimum Gasteiger partial charge on any atom is -0.316 e. The molecule has 0 radical (unpaired) electrons. The van der Waals surface area contributed by atoms with Gasteiger partial charge in [-0.1, -0.05) is 25.1 Å². The topological polar surface area (TPSA) is 15.3 Å². The second-order valence-corrected chi connectivity index (χ2v) is 6.25. The predicted molar refractivity (Wildman–Crippen MR) is 82.3 cm³/mol. The number of nitrogens with zero attached hydrogens (tertiary/aromatic N) is 1. The summed E-state index contributed by atoms with van der Waals surface area (Å²) in [5.41, 5.74) is 1.14. The van der Waals surface area contributed by atoms with Gasteiger partial charge in [-0.2, -0.15) is 0 Å². The molecule has 1 aliphatic heterocycles. The molecular formula is C17H27FN2. The third kappa shape index (κ3) is 3.39. The van der Waals surface area contributed by atoms with E-state index in [1.807, 2.05) is 12.1 Å². The van der Waals surface area contributed by atoms with Crippen LogP contribution in [0.5, 0.6) is 0 Å². The zero-order chi connectivity index (χ0) is 14.6. The second kappa shape index (κ2) is 6.68. The minimum absolute atomic E-state index is 0.0980. The predicted octanol–water partition coefficient (Wildman–Crippen LogP) is 3.60. The van der Waals surface area contributed by atoms with Gasteiger partial charge in [-0.3, -0.25) is 4.90 Å². The maximum absolute atomic E-state index is 13.9. The summed E-state index contributed by atoms with van der Waals surface area (Å²) in [6.07, 6.45) is 3.69. The van der Waals surface area contributed by atoms with Gasteiger partial charge in [0, 0.05) is 24.7 Å². The third-order valence-electron chi connectivity index (χ3n) is 4.91. The molecule has 20 heavy (non-hydrogen) atoms. The number of hydrogen-bond acceptors (Lipinski definition) is 2. The number of nitrogens with one attached hydrogen (secondary N) is 1. The summed E-state index contributed by atoms with van der Waals surface area (Å²) in [6.45, 7) is 7.60. The Morgan fingerprint density at radius 3 is 2.75 bits per heavy atom. The number of hydrogen-bond donors (Lipinski definition) is 1. The molecule has 112 valence electrons. The van der Waals surface area contributed by atoms with Crippen molar-refractivity contribution in [3.63, 3.8) is 0 Å². The van der Waals surface area contributed by atoms with Gasteiger partial charge < -0.3 is 5.32 Å². The first kappa shape index (κ1) is 15.5. The molecular weight excluding hydrogens is 251 g/mol. The van der Waals surface area contributed by atoms with Crippen molar-refractivity contribution in [3.8, 4) is 0 Å². The first-order chi connectivity index (χ1) is 9.58. The zero-order valence-corrected chi connectivity index (χ0v) is 13.0. The van der Waals surface area contributed by atoms with Crippen LogP contribution in [0.1, 0.15) is 44.7 Å². The Labute approximate surface area is 122 Å². The van der Waals surface area contributed by atoms with Gasteiger partial charge >= 0.3 is 0 Å². The van der Waals surface area contributed by atoms with E-state index in [1.165, 1.54) is 19.3 Å². The molecule has 2 atom stereocenters. The van der Waals surface area contributed by atoms with Crippen LogP contribution in [0, 0.1) is 11.2 Å². The molecule has 1 heterocycles. The molecule has 1 N–H and O–H groups in total. The Bertz CT molecular complexity index is 427.